The van der Waals surface area contributed by atoms with Crippen molar-refractivity contribution in [2.45, 2.75) is 0 Å². The molecule has 0 aliphatic rings. The molecule has 0 aliphatic heterocycles. The minimum Gasteiger partial charge on any atom is -0.309 e. The van der Waals surface area contributed by atoms with Gasteiger partial charge in [-0.25, -0.2) is 0 Å². The summed E-state index contributed by atoms with van der Waals surface area (Å²) in [6.45, 7) is 0. The Morgan fingerprint density at radius 3 is 1.08 bits per heavy atom. The van der Waals surface area contributed by atoms with Crippen molar-refractivity contribution in [1.29, 1.82) is 0 Å². The highest BCUT2D eigenvalue weighted by Gasteiger charge is 2.26. The highest BCUT2D eigenvalue weighted by molar-refractivity contribution is 6.29. The zero-order valence-corrected chi connectivity index (χ0v) is 39.3. The van der Waals surface area contributed by atoms with Gasteiger partial charge in [0.1, 0.15) is 0 Å². The molecular weight excluding hydrogens is 869 g/mol. The lowest BCUT2D eigenvalue weighted by Crippen LogP contribution is -1.98. The summed E-state index contributed by atoms with van der Waals surface area (Å²) in [5.74, 6) is 0. The Bertz CT molecular complexity index is 4400. The molecule has 15 rings (SSSR count). The van der Waals surface area contributed by atoms with Gasteiger partial charge in [0.2, 0.25) is 0 Å². The zero-order chi connectivity index (χ0) is 47.3. The third kappa shape index (κ3) is 5.96. The van der Waals surface area contributed by atoms with Crippen LogP contribution < -0.4 is 0 Å². The van der Waals surface area contributed by atoms with Crippen LogP contribution in [0.15, 0.2) is 267 Å². The maximum Gasteiger partial charge on any atom is 0.0626 e. The third-order valence-electron chi connectivity index (χ3n) is 15.2. The van der Waals surface area contributed by atoms with E-state index in [0.29, 0.717) is 0 Å². The molecule has 2 heteroatoms. The fraction of sp³-hybridized carbons (Fsp3) is 0. The number of benzene rings is 13. The van der Waals surface area contributed by atoms with Gasteiger partial charge < -0.3 is 9.13 Å². The van der Waals surface area contributed by atoms with Crippen LogP contribution >= 0.6 is 0 Å². The number of hydrogen-bond acceptors (Lipinski definition) is 0. The lowest BCUT2D eigenvalue weighted by molar-refractivity contribution is 1.18. The van der Waals surface area contributed by atoms with Crippen molar-refractivity contribution in [3.8, 4) is 55.9 Å². The minimum atomic E-state index is 1.14. The Kier molecular flexibility index (Phi) is 8.99. The Morgan fingerprint density at radius 1 is 0.208 bits per heavy atom. The molecule has 13 aromatic carbocycles. The summed E-state index contributed by atoms with van der Waals surface area (Å²) in [4.78, 5) is 0. The Labute approximate surface area is 416 Å². The van der Waals surface area contributed by atoms with E-state index in [2.05, 4.69) is 276 Å². The van der Waals surface area contributed by atoms with Crippen molar-refractivity contribution < 1.29 is 0 Å². The smallest absolute Gasteiger partial charge is 0.0626 e. The molecule has 0 bridgehead atoms. The van der Waals surface area contributed by atoms with Gasteiger partial charge in [-0.15, -0.1) is 0 Å². The molecule has 334 valence electrons. The van der Waals surface area contributed by atoms with E-state index in [1.54, 1.807) is 0 Å². The average Bonchev–Trinajstić information content (AvgIpc) is 3.96. The molecule has 0 N–H and O–H groups in total. The number of nitrogens with zero attached hydrogens (tertiary/aromatic N) is 2. The Morgan fingerprint density at radius 2 is 0.583 bits per heavy atom. The first-order chi connectivity index (χ1) is 35.8. The van der Waals surface area contributed by atoms with Crippen LogP contribution in [-0.4, -0.2) is 9.13 Å². The van der Waals surface area contributed by atoms with Gasteiger partial charge in [0.15, 0.2) is 0 Å². The first-order valence-electron chi connectivity index (χ1n) is 24.9. The van der Waals surface area contributed by atoms with Crippen LogP contribution in [-0.2, 0) is 0 Å². The average molecular weight is 913 g/mol. The van der Waals surface area contributed by atoms with Crippen molar-refractivity contribution >= 4 is 86.7 Å². The van der Waals surface area contributed by atoms with Crippen LogP contribution in [0, 0.1) is 0 Å². The van der Waals surface area contributed by atoms with Crippen LogP contribution in [0.5, 0.6) is 0 Å². The number of hydrogen-bond donors (Lipinski definition) is 0. The van der Waals surface area contributed by atoms with E-state index in [0.717, 1.165) is 11.4 Å². The van der Waals surface area contributed by atoms with Gasteiger partial charge in [-0.05, 0) is 131 Å². The summed E-state index contributed by atoms with van der Waals surface area (Å²) < 4.78 is 5.00. The lowest BCUT2D eigenvalue weighted by atomic mass is 9.82. The van der Waals surface area contributed by atoms with Crippen LogP contribution in [0.25, 0.3) is 143 Å². The largest absolute Gasteiger partial charge is 0.309 e. The lowest BCUT2D eigenvalue weighted by Gasteiger charge is -2.21. The van der Waals surface area contributed by atoms with Crippen molar-refractivity contribution in [2.24, 2.45) is 0 Å². The molecule has 0 spiro atoms. The molecule has 0 saturated heterocycles. The topological polar surface area (TPSA) is 9.86 Å². The van der Waals surface area contributed by atoms with Gasteiger partial charge in [0.25, 0.3) is 0 Å². The number of rotatable bonds is 6. The molecule has 2 aromatic heterocycles. The summed E-state index contributed by atoms with van der Waals surface area (Å²) in [5.41, 5.74) is 16.7. The van der Waals surface area contributed by atoms with Crippen LogP contribution in [0.4, 0.5) is 0 Å². The van der Waals surface area contributed by atoms with Crippen molar-refractivity contribution in [3.63, 3.8) is 0 Å². The van der Waals surface area contributed by atoms with Gasteiger partial charge in [0.05, 0.1) is 22.1 Å². The summed E-state index contributed by atoms with van der Waals surface area (Å²) >= 11 is 0. The molecular formula is C70H44N2. The Balaban J connectivity index is 1.16. The minimum absolute atomic E-state index is 1.14. The number of fused-ring (bicyclic) bond motifs is 10. The second kappa shape index (κ2) is 16.0. The molecule has 0 amide bonds. The van der Waals surface area contributed by atoms with E-state index in [9.17, 15) is 0 Å². The van der Waals surface area contributed by atoms with E-state index in [1.165, 1.54) is 131 Å². The first kappa shape index (κ1) is 40.4. The maximum absolute atomic E-state index is 2.54. The summed E-state index contributed by atoms with van der Waals surface area (Å²) in [6, 6.07) is 98.9. The first-order valence-corrected chi connectivity index (χ1v) is 24.9. The molecule has 15 aromatic rings. The van der Waals surface area contributed by atoms with E-state index in [1.807, 2.05) is 0 Å². The van der Waals surface area contributed by atoms with E-state index in [-0.39, 0.29) is 0 Å². The van der Waals surface area contributed by atoms with Crippen LogP contribution in [0.2, 0.25) is 0 Å². The normalized spacial score (nSPS) is 11.9. The third-order valence-corrected chi connectivity index (χ3v) is 15.2. The quantitative estimate of drug-likeness (QED) is 0.147. The van der Waals surface area contributed by atoms with Crippen LogP contribution in [0.1, 0.15) is 0 Å². The molecule has 0 saturated carbocycles. The second-order valence-electron chi connectivity index (χ2n) is 19.1. The van der Waals surface area contributed by atoms with Gasteiger partial charge in [-0.2, -0.15) is 0 Å². The molecule has 72 heavy (non-hydrogen) atoms. The van der Waals surface area contributed by atoms with Crippen molar-refractivity contribution in [2.75, 3.05) is 0 Å². The predicted molar refractivity (Wildman–Crippen MR) is 307 cm³/mol. The molecule has 0 radical (unpaired) electrons. The predicted octanol–water partition coefficient (Wildman–Crippen LogP) is 19.2. The molecule has 0 atom stereocenters. The number of para-hydroxylation sites is 4. The monoisotopic (exact) mass is 912 g/mol. The highest BCUT2D eigenvalue weighted by Crippen LogP contribution is 2.51. The SMILES string of the molecule is c1ccc(-c2ccccc2-c2c3cccc(-c4c5ccccc5cc5c6ccccc6n(-c6ccccc6)c45)c3cc3c(-c4c5ccccc5cc5c6ccccc6n(-c6ccccc6)c45)cccc23)cc1. The second-order valence-corrected chi connectivity index (χ2v) is 19.1. The summed E-state index contributed by atoms with van der Waals surface area (Å²) in [5, 5.41) is 14.7. The standard InChI is InChI=1S/C70H44N2/c1-4-22-45(23-5-1)50-30-14-15-35-55(50)66-56-36-20-38-58(67-51-31-12-10-24-46(51)42-62-53-33-16-18-40-64(53)71(69(62)67)48-26-6-2-7-27-48)60(56)44-61-57(66)37-21-39-59(61)68-52-32-13-11-25-47(52)43-63-54-34-17-19-41-65(54)72(70(63)68)49-28-8-3-9-29-49/h1-44H. The molecule has 0 aliphatic carbocycles. The van der Waals surface area contributed by atoms with Crippen molar-refractivity contribution in [3.05, 3.63) is 267 Å². The Hall–Kier alpha value is -9.50. The molecule has 0 fully saturated rings. The summed E-state index contributed by atoms with van der Waals surface area (Å²) in [6.07, 6.45) is 0. The fourth-order valence-electron chi connectivity index (χ4n) is 12.3. The van der Waals surface area contributed by atoms with Gasteiger partial charge in [-0.1, -0.05) is 212 Å². The highest BCUT2D eigenvalue weighted by atomic mass is 15.0. The molecule has 0 unspecified atom stereocenters. The van der Waals surface area contributed by atoms with Gasteiger partial charge >= 0.3 is 0 Å². The van der Waals surface area contributed by atoms with Gasteiger partial charge in [-0.3, -0.25) is 0 Å². The van der Waals surface area contributed by atoms with E-state index < -0.39 is 0 Å². The summed E-state index contributed by atoms with van der Waals surface area (Å²) in [7, 11) is 0. The maximum atomic E-state index is 2.54. The fourth-order valence-corrected chi connectivity index (χ4v) is 12.3. The zero-order valence-electron chi connectivity index (χ0n) is 39.3. The molecule has 2 nitrogen and oxygen atoms in total. The van der Waals surface area contributed by atoms with Gasteiger partial charge in [0, 0.05) is 44.0 Å². The molecule has 2 heterocycles. The number of aromatic nitrogens is 2. The van der Waals surface area contributed by atoms with E-state index >= 15 is 0 Å². The van der Waals surface area contributed by atoms with Crippen LogP contribution in [0.3, 0.4) is 0 Å². The van der Waals surface area contributed by atoms with Crippen molar-refractivity contribution in [1.82, 2.24) is 9.13 Å². The van der Waals surface area contributed by atoms with E-state index in [4.69, 9.17) is 0 Å².